The quantitative estimate of drug-likeness (QED) is 0.440. The van der Waals surface area contributed by atoms with Crippen LogP contribution < -0.4 is 5.73 Å². The molecule has 1 aliphatic heterocycles. The van der Waals surface area contributed by atoms with E-state index in [2.05, 4.69) is 48.8 Å². The Labute approximate surface area is 194 Å². The van der Waals surface area contributed by atoms with Crippen molar-refractivity contribution in [3.8, 4) is 11.1 Å². The molecule has 0 bridgehead atoms. The van der Waals surface area contributed by atoms with Crippen LogP contribution in [0.4, 0.5) is 5.13 Å². The van der Waals surface area contributed by atoms with Crippen molar-refractivity contribution in [1.29, 1.82) is 0 Å². The number of likely N-dealkylation sites (tertiary alicyclic amines) is 1. The van der Waals surface area contributed by atoms with Crippen LogP contribution in [0.5, 0.6) is 0 Å². The van der Waals surface area contributed by atoms with E-state index in [1.54, 1.807) is 13.1 Å². The highest BCUT2D eigenvalue weighted by Crippen LogP contribution is 2.31. The van der Waals surface area contributed by atoms with Crippen LogP contribution in [0.15, 0.2) is 42.6 Å². The number of carbonyl (C=O) groups is 1. The van der Waals surface area contributed by atoms with E-state index >= 15 is 0 Å². The molecule has 8 nitrogen and oxygen atoms in total. The van der Waals surface area contributed by atoms with Gasteiger partial charge in [0.05, 0.1) is 27.4 Å². The van der Waals surface area contributed by atoms with Crippen LogP contribution in [0.1, 0.15) is 25.6 Å². The number of amides is 1. The van der Waals surface area contributed by atoms with Crippen LogP contribution in [-0.2, 0) is 11.2 Å². The molecule has 3 aromatic heterocycles. The van der Waals surface area contributed by atoms with Gasteiger partial charge in [-0.2, -0.15) is 0 Å². The summed E-state index contributed by atoms with van der Waals surface area (Å²) in [4.78, 5) is 22.5. The lowest BCUT2D eigenvalue weighted by atomic mass is 9.93. The number of hydrogen-bond donors (Lipinski definition) is 1. The summed E-state index contributed by atoms with van der Waals surface area (Å²) in [6, 6.07) is 12.5. The van der Waals surface area contributed by atoms with Crippen LogP contribution in [0.2, 0.25) is 0 Å². The standard InChI is InChI=1S/C24H23N7OS/c1-14(32)30-8-6-15(7-9-30)10-22-28-29-23-13-26-18-4-2-16(11-20(18)31(22)23)17-3-5-19-21(12-17)33-24(25)27-19/h2-5,11-13,15H,6-10H2,1H3,(H2,25,27). The molecule has 2 aromatic carbocycles. The van der Waals surface area contributed by atoms with E-state index in [1.165, 1.54) is 11.3 Å². The first-order valence-corrected chi connectivity index (χ1v) is 11.9. The first kappa shape index (κ1) is 20.0. The number of benzene rings is 2. The summed E-state index contributed by atoms with van der Waals surface area (Å²) in [6.45, 7) is 3.27. The van der Waals surface area contributed by atoms with Crippen LogP contribution in [0.3, 0.4) is 0 Å². The highest BCUT2D eigenvalue weighted by Gasteiger charge is 2.23. The largest absolute Gasteiger partial charge is 0.375 e. The number of nitrogen functional groups attached to an aromatic ring is 1. The van der Waals surface area contributed by atoms with Crippen molar-refractivity contribution < 1.29 is 4.79 Å². The molecule has 1 saturated heterocycles. The second-order valence-electron chi connectivity index (χ2n) is 8.66. The number of aromatic nitrogens is 5. The molecule has 1 aliphatic rings. The summed E-state index contributed by atoms with van der Waals surface area (Å²) in [5.41, 5.74) is 11.7. The molecule has 166 valence electrons. The normalized spacial score (nSPS) is 15.1. The Balaban J connectivity index is 1.38. The van der Waals surface area contributed by atoms with Gasteiger partial charge < -0.3 is 10.6 Å². The summed E-state index contributed by atoms with van der Waals surface area (Å²) < 4.78 is 3.20. The van der Waals surface area contributed by atoms with Crippen molar-refractivity contribution >= 4 is 49.3 Å². The smallest absolute Gasteiger partial charge is 0.219 e. The Morgan fingerprint density at radius 1 is 1.09 bits per heavy atom. The molecule has 9 heteroatoms. The summed E-state index contributed by atoms with van der Waals surface area (Å²) in [6.07, 6.45) is 4.59. The number of hydrogen-bond acceptors (Lipinski definition) is 7. The number of rotatable bonds is 3. The zero-order valence-electron chi connectivity index (χ0n) is 18.2. The maximum absolute atomic E-state index is 11.6. The first-order chi connectivity index (χ1) is 16.0. The molecule has 33 heavy (non-hydrogen) atoms. The zero-order chi connectivity index (χ0) is 22.5. The lowest BCUT2D eigenvalue weighted by Gasteiger charge is -2.30. The maximum atomic E-state index is 11.6. The SMILES string of the molecule is CC(=O)N1CCC(Cc2nnc3cnc4ccc(-c5ccc6nc(N)sc6c5)cc4n23)CC1. The van der Waals surface area contributed by atoms with Gasteiger partial charge in [0.1, 0.15) is 5.82 Å². The van der Waals surface area contributed by atoms with Gasteiger partial charge in [-0.1, -0.05) is 23.5 Å². The van der Waals surface area contributed by atoms with E-state index in [0.717, 1.165) is 76.2 Å². The highest BCUT2D eigenvalue weighted by atomic mass is 32.1. The number of anilines is 1. The average molecular weight is 458 g/mol. The fourth-order valence-corrected chi connectivity index (χ4v) is 5.53. The molecule has 1 amide bonds. The molecule has 2 N–H and O–H groups in total. The van der Waals surface area contributed by atoms with Crippen LogP contribution in [0.25, 0.3) is 38.0 Å². The van der Waals surface area contributed by atoms with Gasteiger partial charge in [-0.25, -0.2) is 4.98 Å². The molecule has 1 fully saturated rings. The fraction of sp³-hybridized carbons (Fsp3) is 0.292. The topological polar surface area (TPSA) is 102 Å². The highest BCUT2D eigenvalue weighted by molar-refractivity contribution is 7.22. The van der Waals surface area contributed by atoms with Gasteiger partial charge in [-0.3, -0.25) is 14.2 Å². The Morgan fingerprint density at radius 3 is 2.64 bits per heavy atom. The number of nitrogens with zero attached hydrogens (tertiary/aromatic N) is 6. The Morgan fingerprint density at radius 2 is 1.85 bits per heavy atom. The molecule has 4 heterocycles. The molecule has 0 saturated carbocycles. The second-order valence-corrected chi connectivity index (χ2v) is 9.72. The lowest BCUT2D eigenvalue weighted by molar-refractivity contribution is -0.130. The summed E-state index contributed by atoms with van der Waals surface area (Å²) in [5.74, 6) is 1.59. The number of thiazole rings is 1. The van der Waals surface area contributed by atoms with Crippen LogP contribution in [0, 0.1) is 5.92 Å². The minimum Gasteiger partial charge on any atom is -0.375 e. The van der Waals surface area contributed by atoms with E-state index in [1.807, 2.05) is 17.0 Å². The average Bonchev–Trinajstić information content (AvgIpc) is 3.41. The predicted molar refractivity (Wildman–Crippen MR) is 130 cm³/mol. The number of piperidine rings is 1. The van der Waals surface area contributed by atoms with Gasteiger partial charge in [-0.15, -0.1) is 10.2 Å². The van der Waals surface area contributed by atoms with Crippen molar-refractivity contribution in [2.45, 2.75) is 26.2 Å². The van der Waals surface area contributed by atoms with Crippen molar-refractivity contribution in [2.24, 2.45) is 5.92 Å². The minimum absolute atomic E-state index is 0.158. The van der Waals surface area contributed by atoms with Gasteiger partial charge in [-0.05, 0) is 54.2 Å². The maximum Gasteiger partial charge on any atom is 0.219 e. The lowest BCUT2D eigenvalue weighted by Crippen LogP contribution is -2.37. The molecule has 0 unspecified atom stereocenters. The van der Waals surface area contributed by atoms with Gasteiger partial charge in [0, 0.05) is 26.4 Å². The van der Waals surface area contributed by atoms with Crippen molar-refractivity contribution in [3.05, 3.63) is 48.4 Å². The minimum atomic E-state index is 0.158. The summed E-state index contributed by atoms with van der Waals surface area (Å²) >= 11 is 1.50. The van der Waals surface area contributed by atoms with Crippen LogP contribution >= 0.6 is 11.3 Å². The third-order valence-corrected chi connectivity index (χ3v) is 7.41. The molecular weight excluding hydrogens is 434 g/mol. The first-order valence-electron chi connectivity index (χ1n) is 11.1. The third kappa shape index (κ3) is 3.58. The molecule has 0 radical (unpaired) electrons. The van der Waals surface area contributed by atoms with Gasteiger partial charge in [0.15, 0.2) is 10.8 Å². The van der Waals surface area contributed by atoms with Gasteiger partial charge in [0.2, 0.25) is 5.91 Å². The summed E-state index contributed by atoms with van der Waals surface area (Å²) in [7, 11) is 0. The van der Waals surface area contributed by atoms with E-state index in [-0.39, 0.29) is 5.91 Å². The number of fused-ring (bicyclic) bond motifs is 4. The van der Waals surface area contributed by atoms with E-state index in [0.29, 0.717) is 11.0 Å². The molecule has 0 spiro atoms. The van der Waals surface area contributed by atoms with Gasteiger partial charge >= 0.3 is 0 Å². The Bertz CT molecular complexity index is 1510. The Hall–Kier alpha value is -3.59. The molecule has 0 atom stereocenters. The summed E-state index contributed by atoms with van der Waals surface area (Å²) in [5, 5.41) is 9.48. The van der Waals surface area contributed by atoms with Crippen molar-refractivity contribution in [3.63, 3.8) is 0 Å². The zero-order valence-corrected chi connectivity index (χ0v) is 19.0. The van der Waals surface area contributed by atoms with Crippen molar-refractivity contribution in [2.75, 3.05) is 18.8 Å². The van der Waals surface area contributed by atoms with E-state index in [9.17, 15) is 4.79 Å². The third-order valence-electron chi connectivity index (χ3n) is 6.56. The second kappa shape index (κ2) is 7.77. The Kier molecular flexibility index (Phi) is 4.72. The molecule has 5 aromatic rings. The van der Waals surface area contributed by atoms with Crippen LogP contribution in [-0.4, -0.2) is 48.5 Å². The number of nitrogens with two attached hydrogens (primary N) is 1. The van der Waals surface area contributed by atoms with E-state index < -0.39 is 0 Å². The monoisotopic (exact) mass is 457 g/mol. The molecular formula is C24H23N7OS. The predicted octanol–water partition coefficient (Wildman–Crippen LogP) is 3.94. The fourth-order valence-electron chi connectivity index (χ4n) is 4.76. The number of carbonyl (C=O) groups excluding carboxylic acids is 1. The molecule has 0 aliphatic carbocycles. The van der Waals surface area contributed by atoms with Crippen molar-refractivity contribution in [1.82, 2.24) is 29.5 Å². The van der Waals surface area contributed by atoms with Gasteiger partial charge in [0.25, 0.3) is 0 Å². The van der Waals surface area contributed by atoms with E-state index in [4.69, 9.17) is 5.73 Å². The molecule has 6 rings (SSSR count).